The Bertz CT molecular complexity index is 898. The maximum absolute atomic E-state index is 6.50. The number of benzene rings is 2. The number of H-pyrrole nitrogens is 1. The van der Waals surface area contributed by atoms with Gasteiger partial charge < -0.3 is 19.9 Å². The van der Waals surface area contributed by atoms with Crippen molar-refractivity contribution in [2.24, 2.45) is 0 Å². The van der Waals surface area contributed by atoms with Gasteiger partial charge in [-0.1, -0.05) is 23.7 Å². The Morgan fingerprint density at radius 3 is 2.67 bits per heavy atom. The molecule has 2 heterocycles. The summed E-state index contributed by atoms with van der Waals surface area (Å²) in [5, 5.41) is 5.35. The smallest absolute Gasteiger partial charge is 0.119 e. The van der Waals surface area contributed by atoms with E-state index in [0.717, 1.165) is 73.2 Å². The number of piperazine rings is 1. The summed E-state index contributed by atoms with van der Waals surface area (Å²) in [7, 11) is 0. The molecule has 142 valence electrons. The quantitative estimate of drug-likeness (QED) is 0.617. The van der Waals surface area contributed by atoms with Crippen molar-refractivity contribution in [2.45, 2.75) is 13.3 Å². The van der Waals surface area contributed by atoms with Crippen LogP contribution >= 0.6 is 11.6 Å². The summed E-state index contributed by atoms with van der Waals surface area (Å²) in [6.07, 6.45) is 3.07. The van der Waals surface area contributed by atoms with Gasteiger partial charge in [0, 0.05) is 55.4 Å². The summed E-state index contributed by atoms with van der Waals surface area (Å²) in [6, 6.07) is 12.4. The third-order valence-electron chi connectivity index (χ3n) is 5.24. The number of hydrogen-bond donors (Lipinski definition) is 2. The first-order chi connectivity index (χ1) is 13.2. The molecule has 1 aromatic heterocycles. The fourth-order valence-corrected chi connectivity index (χ4v) is 3.92. The maximum atomic E-state index is 6.50. The molecule has 4 rings (SSSR count). The van der Waals surface area contributed by atoms with Crippen LogP contribution in [0.25, 0.3) is 22.0 Å². The van der Waals surface area contributed by atoms with Crippen LogP contribution in [0.1, 0.15) is 12.0 Å². The predicted molar refractivity (Wildman–Crippen MR) is 113 cm³/mol. The zero-order chi connectivity index (χ0) is 18.6. The van der Waals surface area contributed by atoms with Crippen molar-refractivity contribution >= 4 is 22.5 Å². The zero-order valence-corrected chi connectivity index (χ0v) is 16.5. The molecule has 5 heteroatoms. The van der Waals surface area contributed by atoms with Gasteiger partial charge >= 0.3 is 0 Å². The molecule has 0 spiro atoms. The molecule has 27 heavy (non-hydrogen) atoms. The van der Waals surface area contributed by atoms with Crippen LogP contribution in [0.3, 0.4) is 0 Å². The van der Waals surface area contributed by atoms with Crippen molar-refractivity contribution in [1.82, 2.24) is 15.2 Å². The first kappa shape index (κ1) is 18.4. The molecule has 0 amide bonds. The number of ether oxygens (including phenoxy) is 1. The van der Waals surface area contributed by atoms with Gasteiger partial charge in [0.2, 0.25) is 0 Å². The topological polar surface area (TPSA) is 40.3 Å². The SMILES string of the molecule is Cc1c[nH]c2cc(Cl)c(-c3ccc(OCCCN4CCNCC4)cc3)cc12. The van der Waals surface area contributed by atoms with Crippen molar-refractivity contribution in [2.75, 3.05) is 39.3 Å². The average Bonchev–Trinajstić information content (AvgIpc) is 3.06. The molecular weight excluding hydrogens is 358 g/mol. The number of nitrogens with one attached hydrogen (secondary N) is 2. The highest BCUT2D eigenvalue weighted by atomic mass is 35.5. The maximum Gasteiger partial charge on any atom is 0.119 e. The molecule has 0 radical (unpaired) electrons. The second-order valence-electron chi connectivity index (χ2n) is 7.17. The van der Waals surface area contributed by atoms with Crippen LogP contribution in [0.4, 0.5) is 0 Å². The van der Waals surface area contributed by atoms with Gasteiger partial charge in [0.1, 0.15) is 5.75 Å². The lowest BCUT2D eigenvalue weighted by Crippen LogP contribution is -2.43. The Kier molecular flexibility index (Phi) is 5.67. The highest BCUT2D eigenvalue weighted by Gasteiger charge is 2.10. The normalized spacial score (nSPS) is 15.3. The van der Waals surface area contributed by atoms with E-state index < -0.39 is 0 Å². The molecule has 1 aliphatic rings. The number of aromatic nitrogens is 1. The van der Waals surface area contributed by atoms with Crippen LogP contribution in [-0.4, -0.2) is 49.2 Å². The van der Waals surface area contributed by atoms with Crippen molar-refractivity contribution in [3.05, 3.63) is 53.2 Å². The molecule has 0 atom stereocenters. The van der Waals surface area contributed by atoms with E-state index in [2.05, 4.69) is 40.3 Å². The molecule has 1 fully saturated rings. The van der Waals surface area contributed by atoms with E-state index >= 15 is 0 Å². The second-order valence-corrected chi connectivity index (χ2v) is 7.57. The number of rotatable bonds is 6. The second kappa shape index (κ2) is 8.34. The van der Waals surface area contributed by atoms with E-state index in [4.69, 9.17) is 16.3 Å². The number of aryl methyl sites for hydroxylation is 1. The minimum Gasteiger partial charge on any atom is -0.494 e. The standard InChI is InChI=1S/C22H26ClN3O/c1-16-15-25-22-14-21(23)20(13-19(16)22)17-3-5-18(6-4-17)27-12-2-9-26-10-7-24-8-11-26/h3-6,13-15,24-25H,2,7-12H2,1H3. The van der Waals surface area contributed by atoms with E-state index in [1.54, 1.807) is 0 Å². The van der Waals surface area contributed by atoms with Crippen LogP contribution in [0.2, 0.25) is 5.02 Å². The van der Waals surface area contributed by atoms with Crippen molar-refractivity contribution < 1.29 is 4.74 Å². The number of hydrogen-bond acceptors (Lipinski definition) is 3. The summed E-state index contributed by atoms with van der Waals surface area (Å²) in [5.41, 5.74) is 4.46. The summed E-state index contributed by atoms with van der Waals surface area (Å²) in [4.78, 5) is 5.75. The van der Waals surface area contributed by atoms with E-state index in [0.29, 0.717) is 0 Å². The van der Waals surface area contributed by atoms with Crippen LogP contribution in [0, 0.1) is 6.92 Å². The lowest BCUT2D eigenvalue weighted by molar-refractivity contribution is 0.214. The van der Waals surface area contributed by atoms with Gasteiger partial charge in [-0.2, -0.15) is 0 Å². The molecule has 1 aliphatic heterocycles. The highest BCUT2D eigenvalue weighted by Crippen LogP contribution is 2.33. The average molecular weight is 384 g/mol. The molecule has 0 bridgehead atoms. The molecule has 1 saturated heterocycles. The zero-order valence-electron chi connectivity index (χ0n) is 15.7. The van der Waals surface area contributed by atoms with E-state index in [1.807, 2.05) is 24.4 Å². The van der Waals surface area contributed by atoms with Crippen LogP contribution in [0.15, 0.2) is 42.6 Å². The highest BCUT2D eigenvalue weighted by molar-refractivity contribution is 6.34. The van der Waals surface area contributed by atoms with Crippen molar-refractivity contribution in [3.8, 4) is 16.9 Å². The van der Waals surface area contributed by atoms with Crippen LogP contribution < -0.4 is 10.1 Å². The number of nitrogens with zero attached hydrogens (tertiary/aromatic N) is 1. The number of aromatic amines is 1. The number of halogens is 1. The van der Waals surface area contributed by atoms with Gasteiger partial charge in [0.15, 0.2) is 0 Å². The Labute approximate surface area is 165 Å². The summed E-state index contributed by atoms with van der Waals surface area (Å²) < 4.78 is 5.91. The molecule has 2 N–H and O–H groups in total. The van der Waals surface area contributed by atoms with Gasteiger partial charge in [-0.15, -0.1) is 0 Å². The third-order valence-corrected chi connectivity index (χ3v) is 5.55. The van der Waals surface area contributed by atoms with Gasteiger partial charge in [-0.25, -0.2) is 0 Å². The van der Waals surface area contributed by atoms with Gasteiger partial charge in [0.05, 0.1) is 11.6 Å². The van der Waals surface area contributed by atoms with Crippen LogP contribution in [0.5, 0.6) is 5.75 Å². The van der Waals surface area contributed by atoms with Gasteiger partial charge in [-0.05, 0) is 48.7 Å². The molecule has 2 aromatic carbocycles. The molecule has 0 saturated carbocycles. The Morgan fingerprint density at radius 1 is 1.11 bits per heavy atom. The fraction of sp³-hybridized carbons (Fsp3) is 0.364. The number of fused-ring (bicyclic) bond motifs is 1. The van der Waals surface area contributed by atoms with Crippen LogP contribution in [-0.2, 0) is 0 Å². The van der Waals surface area contributed by atoms with Gasteiger partial charge in [-0.3, -0.25) is 0 Å². The van der Waals surface area contributed by atoms with E-state index in [9.17, 15) is 0 Å². The summed E-state index contributed by atoms with van der Waals surface area (Å²) in [5.74, 6) is 0.911. The van der Waals surface area contributed by atoms with Gasteiger partial charge in [0.25, 0.3) is 0 Å². The first-order valence-electron chi connectivity index (χ1n) is 9.64. The Balaban J connectivity index is 1.37. The first-order valence-corrected chi connectivity index (χ1v) is 10.0. The lowest BCUT2D eigenvalue weighted by atomic mass is 10.0. The lowest BCUT2D eigenvalue weighted by Gasteiger charge is -2.26. The molecule has 0 unspecified atom stereocenters. The Hall–Kier alpha value is -2.01. The Morgan fingerprint density at radius 2 is 1.89 bits per heavy atom. The van der Waals surface area contributed by atoms with Crippen molar-refractivity contribution in [3.63, 3.8) is 0 Å². The molecule has 0 aliphatic carbocycles. The minimum absolute atomic E-state index is 0.749. The minimum atomic E-state index is 0.749. The largest absolute Gasteiger partial charge is 0.494 e. The predicted octanol–water partition coefficient (Wildman–Crippen LogP) is 4.47. The fourth-order valence-electron chi connectivity index (χ4n) is 3.65. The van der Waals surface area contributed by atoms with E-state index in [-0.39, 0.29) is 0 Å². The third kappa shape index (κ3) is 4.29. The van der Waals surface area contributed by atoms with Crippen molar-refractivity contribution in [1.29, 1.82) is 0 Å². The molecule has 4 nitrogen and oxygen atoms in total. The molecule has 3 aromatic rings. The monoisotopic (exact) mass is 383 g/mol. The molecular formula is C22H26ClN3O. The van der Waals surface area contributed by atoms with E-state index in [1.165, 1.54) is 10.9 Å². The summed E-state index contributed by atoms with van der Waals surface area (Å²) in [6.45, 7) is 8.43. The summed E-state index contributed by atoms with van der Waals surface area (Å²) >= 11 is 6.50.